The SMILES string of the molecule is COc1ccc2c(c1)c(C1=NCC3(CN4CCC3CC4)O1)cn2C. The van der Waals surface area contributed by atoms with E-state index in [0.29, 0.717) is 5.92 Å². The molecule has 0 aliphatic carbocycles. The number of aryl methyl sites for hydroxylation is 1. The number of nitrogens with zero attached hydrogens (tertiary/aromatic N) is 3. The van der Waals surface area contributed by atoms with Crippen molar-refractivity contribution in [2.45, 2.75) is 18.4 Å². The molecule has 1 atom stereocenters. The molecular weight excluding hydrogens is 302 g/mol. The summed E-state index contributed by atoms with van der Waals surface area (Å²) < 4.78 is 14.1. The van der Waals surface area contributed by atoms with Gasteiger partial charge in [-0.15, -0.1) is 0 Å². The minimum absolute atomic E-state index is 0.0904. The van der Waals surface area contributed by atoms with Gasteiger partial charge < -0.3 is 14.0 Å². The van der Waals surface area contributed by atoms with Gasteiger partial charge in [-0.2, -0.15) is 0 Å². The molecule has 1 spiro atoms. The zero-order valence-electron chi connectivity index (χ0n) is 14.3. The topological polar surface area (TPSA) is 39.0 Å². The number of aliphatic imine (C=N–C) groups is 1. The van der Waals surface area contributed by atoms with Crippen LogP contribution in [0.5, 0.6) is 5.75 Å². The highest BCUT2D eigenvalue weighted by Gasteiger charge is 2.51. The lowest BCUT2D eigenvalue weighted by Crippen LogP contribution is -2.60. The zero-order chi connectivity index (χ0) is 16.3. The van der Waals surface area contributed by atoms with Crippen LogP contribution in [0.4, 0.5) is 0 Å². The molecule has 6 rings (SSSR count). The lowest BCUT2D eigenvalue weighted by Gasteiger charge is -2.50. The molecule has 1 aromatic heterocycles. The van der Waals surface area contributed by atoms with Gasteiger partial charge in [-0.05, 0) is 44.1 Å². The standard InChI is InChI=1S/C19H23N3O2/c1-21-10-16(15-9-14(23-2)3-4-17(15)21)18-20-11-19(24-18)12-22-7-5-13(19)6-8-22/h3-4,9-10,13H,5-8,11-12H2,1-2H3. The smallest absolute Gasteiger partial charge is 0.219 e. The van der Waals surface area contributed by atoms with Crippen LogP contribution >= 0.6 is 0 Å². The molecule has 5 heterocycles. The van der Waals surface area contributed by atoms with Crippen molar-refractivity contribution in [3.8, 4) is 5.75 Å². The van der Waals surface area contributed by atoms with Crippen molar-refractivity contribution in [1.29, 1.82) is 0 Å². The molecule has 1 unspecified atom stereocenters. The summed E-state index contributed by atoms with van der Waals surface area (Å²) in [6, 6.07) is 6.17. The molecule has 2 bridgehead atoms. The van der Waals surface area contributed by atoms with Crippen LogP contribution in [0, 0.1) is 5.92 Å². The molecule has 0 saturated carbocycles. The minimum Gasteiger partial charge on any atom is -0.497 e. The van der Waals surface area contributed by atoms with Crippen molar-refractivity contribution < 1.29 is 9.47 Å². The van der Waals surface area contributed by atoms with Crippen LogP contribution in [0.2, 0.25) is 0 Å². The third-order valence-electron chi connectivity index (χ3n) is 6.04. The quantitative estimate of drug-likeness (QED) is 0.851. The Kier molecular flexibility index (Phi) is 2.98. The predicted molar refractivity (Wildman–Crippen MR) is 93.9 cm³/mol. The Balaban J connectivity index is 1.52. The van der Waals surface area contributed by atoms with Gasteiger partial charge in [0.2, 0.25) is 5.90 Å². The fourth-order valence-corrected chi connectivity index (χ4v) is 4.69. The van der Waals surface area contributed by atoms with Crippen molar-refractivity contribution in [3.05, 3.63) is 30.0 Å². The summed E-state index contributed by atoms with van der Waals surface area (Å²) in [5.41, 5.74) is 2.17. The molecule has 0 radical (unpaired) electrons. The molecule has 24 heavy (non-hydrogen) atoms. The maximum Gasteiger partial charge on any atom is 0.219 e. The number of piperidine rings is 3. The summed E-state index contributed by atoms with van der Waals surface area (Å²) in [4.78, 5) is 7.37. The van der Waals surface area contributed by atoms with Crippen LogP contribution in [0.3, 0.4) is 0 Å². The first-order valence-corrected chi connectivity index (χ1v) is 8.78. The molecule has 2 aromatic rings. The number of rotatable bonds is 2. The predicted octanol–water partition coefficient (Wildman–Crippen LogP) is 2.43. The molecular formula is C19H23N3O2. The van der Waals surface area contributed by atoms with Crippen LogP contribution < -0.4 is 4.74 Å². The summed E-state index contributed by atoms with van der Waals surface area (Å²) >= 11 is 0. The zero-order valence-corrected chi connectivity index (χ0v) is 14.3. The Morgan fingerprint density at radius 1 is 1.29 bits per heavy atom. The van der Waals surface area contributed by atoms with E-state index in [2.05, 4.69) is 34.8 Å². The van der Waals surface area contributed by atoms with Gasteiger partial charge in [0.1, 0.15) is 11.4 Å². The lowest BCUT2D eigenvalue weighted by molar-refractivity contribution is -0.0825. The highest BCUT2D eigenvalue weighted by atomic mass is 16.5. The second-order valence-corrected chi connectivity index (χ2v) is 7.38. The highest BCUT2D eigenvalue weighted by molar-refractivity contribution is 6.08. The van der Waals surface area contributed by atoms with E-state index < -0.39 is 0 Å². The van der Waals surface area contributed by atoms with Gasteiger partial charge in [-0.1, -0.05) is 0 Å². The van der Waals surface area contributed by atoms with Crippen molar-refractivity contribution in [1.82, 2.24) is 9.47 Å². The number of hydrogen-bond acceptors (Lipinski definition) is 4. The summed E-state index contributed by atoms with van der Waals surface area (Å²) in [5.74, 6) is 2.32. The summed E-state index contributed by atoms with van der Waals surface area (Å²) in [6.07, 6.45) is 4.61. The van der Waals surface area contributed by atoms with E-state index in [1.165, 1.54) is 31.4 Å². The van der Waals surface area contributed by atoms with E-state index in [-0.39, 0.29) is 5.60 Å². The van der Waals surface area contributed by atoms with Gasteiger partial charge in [0.25, 0.3) is 0 Å². The fourth-order valence-electron chi connectivity index (χ4n) is 4.69. The molecule has 5 heteroatoms. The first kappa shape index (κ1) is 14.3. The van der Waals surface area contributed by atoms with Crippen LogP contribution in [0.15, 0.2) is 29.4 Å². The van der Waals surface area contributed by atoms with E-state index >= 15 is 0 Å². The minimum atomic E-state index is -0.0904. The van der Waals surface area contributed by atoms with Gasteiger partial charge >= 0.3 is 0 Å². The van der Waals surface area contributed by atoms with Crippen molar-refractivity contribution >= 4 is 16.8 Å². The molecule has 5 nitrogen and oxygen atoms in total. The van der Waals surface area contributed by atoms with Crippen molar-refractivity contribution in [3.63, 3.8) is 0 Å². The highest BCUT2D eigenvalue weighted by Crippen LogP contribution is 2.42. The molecule has 126 valence electrons. The molecule has 1 aromatic carbocycles. The first-order valence-electron chi connectivity index (χ1n) is 8.78. The fraction of sp³-hybridized carbons (Fsp3) is 0.526. The van der Waals surface area contributed by atoms with Crippen LogP contribution in [0.25, 0.3) is 10.9 Å². The van der Waals surface area contributed by atoms with Gasteiger partial charge in [-0.3, -0.25) is 4.90 Å². The number of fused-ring (bicyclic) bond motifs is 3. The Morgan fingerprint density at radius 2 is 2.12 bits per heavy atom. The van der Waals surface area contributed by atoms with Crippen LogP contribution in [-0.2, 0) is 11.8 Å². The second-order valence-electron chi connectivity index (χ2n) is 7.38. The average Bonchev–Trinajstić information content (AvgIpc) is 3.17. The first-order chi connectivity index (χ1) is 11.7. The second kappa shape index (κ2) is 4.99. The van der Waals surface area contributed by atoms with E-state index in [1.807, 2.05) is 6.07 Å². The number of benzene rings is 1. The Labute approximate surface area is 141 Å². The van der Waals surface area contributed by atoms with Crippen molar-refractivity contribution in [2.75, 3.05) is 33.3 Å². The molecule has 4 aliphatic heterocycles. The Hall–Kier alpha value is -2.01. The maximum absolute atomic E-state index is 6.56. The van der Waals surface area contributed by atoms with Crippen LogP contribution in [0.1, 0.15) is 18.4 Å². The van der Waals surface area contributed by atoms with E-state index in [0.717, 1.165) is 35.7 Å². The monoisotopic (exact) mass is 325 g/mol. The molecule has 4 aliphatic rings. The molecule has 3 saturated heterocycles. The number of ether oxygens (including phenoxy) is 2. The molecule has 0 amide bonds. The van der Waals surface area contributed by atoms with E-state index in [4.69, 9.17) is 14.5 Å². The van der Waals surface area contributed by atoms with Crippen molar-refractivity contribution in [2.24, 2.45) is 18.0 Å². The third-order valence-corrected chi connectivity index (χ3v) is 6.04. The third kappa shape index (κ3) is 1.94. The molecule has 0 N–H and O–H groups in total. The average molecular weight is 325 g/mol. The normalized spacial score (nSPS) is 31.5. The number of hydrogen-bond donors (Lipinski definition) is 0. The summed E-state index contributed by atoms with van der Waals surface area (Å²) in [7, 11) is 3.77. The maximum atomic E-state index is 6.56. The van der Waals surface area contributed by atoms with Gasteiger partial charge in [0.05, 0.1) is 19.2 Å². The number of aromatic nitrogens is 1. The van der Waals surface area contributed by atoms with Gasteiger partial charge in [0, 0.05) is 36.6 Å². The lowest BCUT2D eigenvalue weighted by atomic mass is 9.75. The Bertz CT molecular complexity index is 832. The summed E-state index contributed by atoms with van der Waals surface area (Å²) in [6.45, 7) is 4.26. The van der Waals surface area contributed by atoms with Crippen LogP contribution in [-0.4, -0.2) is 54.3 Å². The van der Waals surface area contributed by atoms with E-state index in [1.54, 1.807) is 7.11 Å². The summed E-state index contributed by atoms with van der Waals surface area (Å²) in [5, 5.41) is 1.15. The van der Waals surface area contributed by atoms with Gasteiger partial charge in [0.15, 0.2) is 0 Å². The number of methoxy groups -OCH3 is 1. The molecule has 3 fully saturated rings. The van der Waals surface area contributed by atoms with Gasteiger partial charge in [-0.25, -0.2) is 4.99 Å². The Morgan fingerprint density at radius 3 is 2.83 bits per heavy atom. The largest absolute Gasteiger partial charge is 0.497 e. The van der Waals surface area contributed by atoms with E-state index in [9.17, 15) is 0 Å².